The standard InChI is InChI=1S/C19H24N4O2S/c1-14-12-17(22(2)3)21-19(20-14)26-13-15-4-6-16(7-5-15)18(24)23-8-10-25-11-9-23/h4-7,12H,8-11,13H2,1-3H3. The summed E-state index contributed by atoms with van der Waals surface area (Å²) in [5.74, 6) is 1.75. The molecular weight excluding hydrogens is 348 g/mol. The van der Waals surface area contributed by atoms with Gasteiger partial charge in [0.2, 0.25) is 0 Å². The number of nitrogens with zero attached hydrogens (tertiary/aromatic N) is 4. The fourth-order valence-electron chi connectivity index (χ4n) is 2.66. The van der Waals surface area contributed by atoms with Crippen molar-refractivity contribution < 1.29 is 9.53 Å². The van der Waals surface area contributed by atoms with Gasteiger partial charge in [0.05, 0.1) is 13.2 Å². The van der Waals surface area contributed by atoms with Crippen molar-refractivity contribution in [2.75, 3.05) is 45.3 Å². The Morgan fingerprint density at radius 1 is 1.19 bits per heavy atom. The zero-order valence-corrected chi connectivity index (χ0v) is 16.3. The number of amides is 1. The number of ether oxygens (including phenoxy) is 1. The van der Waals surface area contributed by atoms with Gasteiger partial charge in [-0.05, 0) is 24.6 Å². The van der Waals surface area contributed by atoms with Crippen molar-refractivity contribution in [1.82, 2.24) is 14.9 Å². The van der Waals surface area contributed by atoms with Crippen LogP contribution in [0, 0.1) is 6.92 Å². The Balaban J connectivity index is 1.62. The van der Waals surface area contributed by atoms with Gasteiger partial charge in [0.1, 0.15) is 5.82 Å². The average molecular weight is 372 g/mol. The van der Waals surface area contributed by atoms with E-state index in [9.17, 15) is 4.79 Å². The number of morpholine rings is 1. The van der Waals surface area contributed by atoms with Crippen LogP contribution in [0.4, 0.5) is 5.82 Å². The van der Waals surface area contributed by atoms with Gasteiger partial charge < -0.3 is 14.5 Å². The molecule has 6 nitrogen and oxygen atoms in total. The highest BCUT2D eigenvalue weighted by Crippen LogP contribution is 2.22. The van der Waals surface area contributed by atoms with Crippen molar-refractivity contribution in [2.45, 2.75) is 17.8 Å². The monoisotopic (exact) mass is 372 g/mol. The molecule has 1 aliphatic rings. The summed E-state index contributed by atoms with van der Waals surface area (Å²) >= 11 is 1.60. The Morgan fingerprint density at radius 3 is 2.54 bits per heavy atom. The predicted molar refractivity (Wildman–Crippen MR) is 104 cm³/mol. The van der Waals surface area contributed by atoms with E-state index in [4.69, 9.17) is 4.74 Å². The number of benzene rings is 1. The minimum absolute atomic E-state index is 0.0742. The number of anilines is 1. The van der Waals surface area contributed by atoms with Crippen LogP contribution in [-0.4, -0.2) is 61.2 Å². The van der Waals surface area contributed by atoms with Crippen molar-refractivity contribution in [2.24, 2.45) is 0 Å². The van der Waals surface area contributed by atoms with E-state index >= 15 is 0 Å². The molecule has 1 aromatic carbocycles. The van der Waals surface area contributed by atoms with Gasteiger partial charge >= 0.3 is 0 Å². The maximum atomic E-state index is 12.5. The molecule has 0 spiro atoms. The fraction of sp³-hybridized carbons (Fsp3) is 0.421. The Morgan fingerprint density at radius 2 is 1.88 bits per heavy atom. The Hall–Kier alpha value is -2.12. The highest BCUT2D eigenvalue weighted by Gasteiger charge is 2.18. The zero-order valence-electron chi connectivity index (χ0n) is 15.4. The number of aromatic nitrogens is 2. The van der Waals surface area contributed by atoms with Gasteiger partial charge in [-0.25, -0.2) is 9.97 Å². The molecule has 0 radical (unpaired) electrons. The maximum absolute atomic E-state index is 12.5. The molecule has 26 heavy (non-hydrogen) atoms. The lowest BCUT2D eigenvalue weighted by Crippen LogP contribution is -2.40. The summed E-state index contributed by atoms with van der Waals surface area (Å²) in [7, 11) is 3.95. The highest BCUT2D eigenvalue weighted by atomic mass is 32.2. The van der Waals surface area contributed by atoms with Crippen molar-refractivity contribution >= 4 is 23.5 Å². The molecule has 0 N–H and O–H groups in total. The first-order valence-corrected chi connectivity index (χ1v) is 9.63. The predicted octanol–water partition coefficient (Wildman–Crippen LogP) is 2.62. The Labute approximate surface area is 158 Å². The summed E-state index contributed by atoms with van der Waals surface area (Å²) in [6.07, 6.45) is 0. The highest BCUT2D eigenvalue weighted by molar-refractivity contribution is 7.98. The van der Waals surface area contributed by atoms with Crippen molar-refractivity contribution in [3.8, 4) is 0 Å². The first kappa shape index (κ1) is 18.7. The van der Waals surface area contributed by atoms with E-state index in [0.717, 1.165) is 33.5 Å². The number of hydrogen-bond acceptors (Lipinski definition) is 6. The number of carbonyl (C=O) groups is 1. The van der Waals surface area contributed by atoms with Gasteiger partial charge in [-0.2, -0.15) is 0 Å². The van der Waals surface area contributed by atoms with Crippen LogP contribution in [0.3, 0.4) is 0 Å². The second-order valence-corrected chi connectivity index (χ2v) is 7.38. The van der Waals surface area contributed by atoms with Gasteiger partial charge in [0, 0.05) is 50.3 Å². The van der Waals surface area contributed by atoms with Crippen LogP contribution in [-0.2, 0) is 10.5 Å². The van der Waals surface area contributed by atoms with E-state index in [1.807, 2.05) is 61.2 Å². The summed E-state index contributed by atoms with van der Waals surface area (Å²) in [5.41, 5.74) is 2.82. The van der Waals surface area contributed by atoms with Crippen LogP contribution in [0.15, 0.2) is 35.5 Å². The van der Waals surface area contributed by atoms with Gasteiger partial charge in [-0.3, -0.25) is 4.79 Å². The molecule has 1 aromatic heterocycles. The summed E-state index contributed by atoms with van der Waals surface area (Å²) in [6.45, 7) is 4.53. The Kier molecular flexibility index (Phi) is 6.11. The van der Waals surface area contributed by atoms with E-state index < -0.39 is 0 Å². The second kappa shape index (κ2) is 8.51. The number of hydrogen-bond donors (Lipinski definition) is 0. The quantitative estimate of drug-likeness (QED) is 0.594. The van der Waals surface area contributed by atoms with Crippen LogP contribution in [0.2, 0.25) is 0 Å². The topological polar surface area (TPSA) is 58.6 Å². The van der Waals surface area contributed by atoms with Crippen molar-refractivity contribution in [1.29, 1.82) is 0 Å². The zero-order chi connectivity index (χ0) is 18.5. The molecule has 0 bridgehead atoms. The van der Waals surface area contributed by atoms with Crippen LogP contribution in [0.25, 0.3) is 0 Å². The number of rotatable bonds is 5. The lowest BCUT2D eigenvalue weighted by atomic mass is 10.1. The van der Waals surface area contributed by atoms with Crippen LogP contribution >= 0.6 is 11.8 Å². The minimum Gasteiger partial charge on any atom is -0.378 e. The summed E-state index contributed by atoms with van der Waals surface area (Å²) in [5, 5.41) is 0.766. The van der Waals surface area contributed by atoms with Gasteiger partial charge in [0.25, 0.3) is 5.91 Å². The number of carbonyl (C=O) groups excluding carboxylic acids is 1. The largest absolute Gasteiger partial charge is 0.378 e. The summed E-state index contributed by atoms with van der Waals surface area (Å²) in [4.78, 5) is 25.3. The van der Waals surface area contributed by atoms with Crippen LogP contribution < -0.4 is 4.90 Å². The fourth-order valence-corrected chi connectivity index (χ4v) is 3.51. The van der Waals surface area contributed by atoms with Crippen LogP contribution in [0.5, 0.6) is 0 Å². The molecule has 0 saturated carbocycles. The molecule has 1 saturated heterocycles. The molecular formula is C19H24N4O2S. The lowest BCUT2D eigenvalue weighted by Gasteiger charge is -2.26. The van der Waals surface area contributed by atoms with E-state index in [1.54, 1.807) is 11.8 Å². The molecule has 1 fully saturated rings. The molecule has 3 rings (SSSR count). The molecule has 7 heteroatoms. The lowest BCUT2D eigenvalue weighted by molar-refractivity contribution is 0.0303. The molecule has 138 valence electrons. The third-order valence-corrected chi connectivity index (χ3v) is 5.06. The molecule has 0 unspecified atom stereocenters. The first-order valence-electron chi connectivity index (χ1n) is 8.65. The molecule has 0 aliphatic carbocycles. The number of thioether (sulfide) groups is 1. The smallest absolute Gasteiger partial charge is 0.254 e. The SMILES string of the molecule is Cc1cc(N(C)C)nc(SCc2ccc(C(=O)N3CCOCC3)cc2)n1. The molecule has 2 aromatic rings. The normalized spacial score (nSPS) is 14.3. The third kappa shape index (κ3) is 4.74. The van der Waals surface area contributed by atoms with E-state index in [-0.39, 0.29) is 5.91 Å². The van der Waals surface area contributed by atoms with Gasteiger partial charge in [-0.15, -0.1) is 0 Å². The second-order valence-electron chi connectivity index (χ2n) is 6.43. The molecule has 1 aliphatic heterocycles. The molecule has 1 amide bonds. The van der Waals surface area contributed by atoms with E-state index in [0.29, 0.717) is 26.3 Å². The first-order chi connectivity index (χ1) is 12.5. The van der Waals surface area contributed by atoms with Gasteiger partial charge in [-0.1, -0.05) is 23.9 Å². The molecule has 0 atom stereocenters. The van der Waals surface area contributed by atoms with Crippen molar-refractivity contribution in [3.63, 3.8) is 0 Å². The van der Waals surface area contributed by atoms with Gasteiger partial charge in [0.15, 0.2) is 5.16 Å². The van der Waals surface area contributed by atoms with Crippen molar-refractivity contribution in [3.05, 3.63) is 47.2 Å². The van der Waals surface area contributed by atoms with E-state index in [1.165, 1.54) is 0 Å². The van der Waals surface area contributed by atoms with Crippen LogP contribution in [0.1, 0.15) is 21.6 Å². The molecule has 2 heterocycles. The Bertz CT molecular complexity index is 759. The van der Waals surface area contributed by atoms with E-state index in [2.05, 4.69) is 9.97 Å². The third-order valence-electron chi connectivity index (χ3n) is 4.15. The summed E-state index contributed by atoms with van der Waals surface area (Å²) in [6, 6.07) is 9.77. The average Bonchev–Trinajstić information content (AvgIpc) is 2.66. The summed E-state index contributed by atoms with van der Waals surface area (Å²) < 4.78 is 5.30. The minimum atomic E-state index is 0.0742. The number of aryl methyl sites for hydroxylation is 1. The maximum Gasteiger partial charge on any atom is 0.254 e.